The molecule has 3 N–H and O–H groups in total. The Kier molecular flexibility index (Phi) is 4.19. The monoisotopic (exact) mass is 481 g/mol. The Morgan fingerprint density at radius 3 is 2.55 bits per heavy atom. The molecule has 0 unspecified atom stereocenters. The van der Waals surface area contributed by atoms with Gasteiger partial charge in [0.1, 0.15) is 5.82 Å². The van der Waals surface area contributed by atoms with Gasteiger partial charge in [-0.3, -0.25) is 19.1 Å². The van der Waals surface area contributed by atoms with Gasteiger partial charge in [0.05, 0.1) is 22.8 Å². The number of nitrogens with zero attached hydrogens (tertiary/aromatic N) is 1. The van der Waals surface area contributed by atoms with Gasteiger partial charge >= 0.3 is 5.69 Å². The number of aromatic hydroxyl groups is 1. The van der Waals surface area contributed by atoms with Gasteiger partial charge in [-0.05, 0) is 33.6 Å². The molecule has 5 rings (SSSR count). The Hall–Kier alpha value is -3.59. The van der Waals surface area contributed by atoms with Gasteiger partial charge in [-0.2, -0.15) is 0 Å². The Morgan fingerprint density at radius 2 is 1.84 bits per heavy atom. The molecule has 9 heteroatoms. The van der Waals surface area contributed by atoms with E-state index in [2.05, 4.69) is 26.2 Å². The number of aromatic amines is 1. The average Bonchev–Trinajstić information content (AvgIpc) is 3.05. The number of hydrogen-bond donors (Lipinski definition) is 3. The minimum Gasteiger partial charge on any atom is -0.503 e. The van der Waals surface area contributed by atoms with Crippen molar-refractivity contribution >= 4 is 33.2 Å². The number of benzene rings is 2. The van der Waals surface area contributed by atoms with E-state index >= 15 is 0 Å². The van der Waals surface area contributed by atoms with Gasteiger partial charge in [0.15, 0.2) is 17.3 Å². The predicted molar refractivity (Wildman–Crippen MR) is 118 cm³/mol. The van der Waals surface area contributed by atoms with Crippen molar-refractivity contribution in [3.63, 3.8) is 0 Å². The molecule has 1 aliphatic heterocycles. The van der Waals surface area contributed by atoms with Crippen molar-refractivity contribution in [3.05, 3.63) is 89.5 Å². The quantitative estimate of drug-likeness (QED) is 0.518. The van der Waals surface area contributed by atoms with Crippen LogP contribution < -0.4 is 21.3 Å². The number of allylic oxidation sites excluding steroid dienone is 1. The number of anilines is 1. The van der Waals surface area contributed by atoms with Crippen molar-refractivity contribution in [1.29, 1.82) is 0 Å². The summed E-state index contributed by atoms with van der Waals surface area (Å²) in [5.41, 5.74) is 1.82. The van der Waals surface area contributed by atoms with Crippen molar-refractivity contribution < 1.29 is 14.6 Å². The minimum atomic E-state index is -0.785. The molecule has 31 heavy (non-hydrogen) atoms. The summed E-state index contributed by atoms with van der Waals surface area (Å²) in [4.78, 5) is 41.0. The first-order valence-corrected chi connectivity index (χ1v) is 10.2. The van der Waals surface area contributed by atoms with E-state index in [9.17, 15) is 19.5 Å². The molecular weight excluding hydrogens is 466 g/mol. The molecule has 1 aliphatic carbocycles. The van der Waals surface area contributed by atoms with Crippen LogP contribution in [-0.2, 0) is 7.05 Å². The lowest BCUT2D eigenvalue weighted by molar-refractivity contribution is 0.103. The average molecular weight is 482 g/mol. The van der Waals surface area contributed by atoms with Crippen molar-refractivity contribution in [1.82, 2.24) is 9.55 Å². The molecule has 2 aliphatic rings. The highest BCUT2D eigenvalue weighted by atomic mass is 79.9. The van der Waals surface area contributed by atoms with E-state index in [1.54, 1.807) is 31.3 Å². The number of fused-ring (bicyclic) bond motifs is 3. The van der Waals surface area contributed by atoms with Crippen molar-refractivity contribution in [2.24, 2.45) is 7.05 Å². The third-order valence-corrected chi connectivity index (χ3v) is 6.34. The number of aromatic nitrogens is 2. The fourth-order valence-electron chi connectivity index (χ4n) is 4.28. The van der Waals surface area contributed by atoms with E-state index in [1.165, 1.54) is 11.7 Å². The number of halogens is 1. The molecule has 2 heterocycles. The maximum absolute atomic E-state index is 13.4. The molecule has 0 saturated heterocycles. The zero-order valence-corrected chi connectivity index (χ0v) is 18.0. The number of ether oxygens (including phenoxy) is 1. The molecule has 0 spiro atoms. The van der Waals surface area contributed by atoms with Crippen LogP contribution in [0.1, 0.15) is 33.0 Å². The smallest absolute Gasteiger partial charge is 0.329 e. The number of phenols is 1. The molecule has 156 valence electrons. The SMILES string of the molecule is COc1cc([C@@H]2C3=C(Nc4c2c(=O)[nH]c(=O)n4C)c2ccccc2C3=O)cc(Br)c1O. The van der Waals surface area contributed by atoms with E-state index in [0.29, 0.717) is 38.3 Å². The first-order chi connectivity index (χ1) is 14.8. The first-order valence-electron chi connectivity index (χ1n) is 9.38. The summed E-state index contributed by atoms with van der Waals surface area (Å²) in [6.07, 6.45) is 0. The number of phenolic OH excluding ortho intramolecular Hbond substituents is 1. The number of Topliss-reactive ketones (excluding diaryl/α,β-unsaturated/α-hetero) is 1. The standard InChI is InChI=1S/C22H16BrN3O5/c1-26-20-16(21(29)25-22(26)30)14(9-7-12(23)19(28)13(8-9)31-2)15-17(24-20)10-5-3-4-6-11(10)18(15)27/h3-8,14,24,28H,1-2H3,(H,25,29,30)/t14-/m1/s1. The summed E-state index contributed by atoms with van der Waals surface area (Å²) < 4.78 is 6.95. The van der Waals surface area contributed by atoms with Crippen molar-refractivity contribution in [3.8, 4) is 11.5 Å². The molecule has 1 aromatic heterocycles. The Morgan fingerprint density at radius 1 is 1.13 bits per heavy atom. The van der Waals surface area contributed by atoms with E-state index in [-0.39, 0.29) is 22.8 Å². The van der Waals surface area contributed by atoms with Gasteiger partial charge in [0.2, 0.25) is 0 Å². The molecule has 0 saturated carbocycles. The van der Waals surface area contributed by atoms with Crippen LogP contribution >= 0.6 is 15.9 Å². The molecule has 1 atom stereocenters. The molecular formula is C22H16BrN3O5. The van der Waals surface area contributed by atoms with Crippen LogP contribution in [0.4, 0.5) is 5.82 Å². The molecule has 0 bridgehead atoms. The lowest BCUT2D eigenvalue weighted by Crippen LogP contribution is -2.37. The second-order valence-electron chi connectivity index (χ2n) is 7.36. The number of rotatable bonds is 2. The maximum atomic E-state index is 13.4. The fourth-order valence-corrected chi connectivity index (χ4v) is 4.74. The van der Waals surface area contributed by atoms with Crippen LogP contribution in [-0.4, -0.2) is 27.6 Å². The Labute approximate surface area is 183 Å². The van der Waals surface area contributed by atoms with Crippen LogP contribution in [0.5, 0.6) is 11.5 Å². The predicted octanol–water partition coefficient (Wildman–Crippen LogP) is 2.72. The largest absolute Gasteiger partial charge is 0.503 e. The molecule has 2 aromatic carbocycles. The number of nitrogens with one attached hydrogen (secondary N) is 2. The first kappa shape index (κ1) is 19.4. The normalized spacial score (nSPS) is 16.5. The van der Waals surface area contributed by atoms with Crippen LogP contribution in [0.2, 0.25) is 0 Å². The highest BCUT2D eigenvalue weighted by molar-refractivity contribution is 9.10. The van der Waals surface area contributed by atoms with E-state index in [1.807, 2.05) is 12.1 Å². The van der Waals surface area contributed by atoms with E-state index in [4.69, 9.17) is 4.74 Å². The van der Waals surface area contributed by atoms with Crippen LogP contribution in [0, 0.1) is 0 Å². The van der Waals surface area contributed by atoms with Crippen LogP contribution in [0.3, 0.4) is 0 Å². The topological polar surface area (TPSA) is 113 Å². The van der Waals surface area contributed by atoms with Gasteiger partial charge in [0.25, 0.3) is 5.56 Å². The molecule has 0 fully saturated rings. The van der Waals surface area contributed by atoms with E-state index in [0.717, 1.165) is 0 Å². The Balaban J connectivity index is 1.88. The highest BCUT2D eigenvalue weighted by Gasteiger charge is 2.42. The number of methoxy groups -OCH3 is 1. The van der Waals surface area contributed by atoms with E-state index < -0.39 is 17.2 Å². The second kappa shape index (κ2) is 6.71. The second-order valence-corrected chi connectivity index (χ2v) is 8.21. The molecule has 3 aromatic rings. The summed E-state index contributed by atoms with van der Waals surface area (Å²) in [5, 5.41) is 13.4. The van der Waals surface area contributed by atoms with Gasteiger partial charge in [0, 0.05) is 29.7 Å². The minimum absolute atomic E-state index is 0.0926. The lowest BCUT2D eigenvalue weighted by atomic mass is 9.81. The van der Waals surface area contributed by atoms with Crippen molar-refractivity contribution in [2.45, 2.75) is 5.92 Å². The zero-order chi connectivity index (χ0) is 22.0. The highest BCUT2D eigenvalue weighted by Crippen LogP contribution is 2.49. The van der Waals surface area contributed by atoms with Gasteiger partial charge in [-0.15, -0.1) is 0 Å². The molecule has 8 nitrogen and oxygen atoms in total. The van der Waals surface area contributed by atoms with Crippen molar-refractivity contribution in [2.75, 3.05) is 12.4 Å². The number of carbonyl (C=O) groups excluding carboxylic acids is 1. The molecule has 0 amide bonds. The zero-order valence-electron chi connectivity index (χ0n) is 16.4. The Bertz CT molecular complexity index is 1450. The van der Waals surface area contributed by atoms with Gasteiger partial charge in [-0.25, -0.2) is 4.79 Å². The number of ketones is 1. The lowest BCUT2D eigenvalue weighted by Gasteiger charge is -2.29. The number of carbonyl (C=O) groups is 1. The summed E-state index contributed by atoms with van der Waals surface area (Å²) >= 11 is 3.32. The molecule has 0 radical (unpaired) electrons. The van der Waals surface area contributed by atoms with Gasteiger partial charge < -0.3 is 15.2 Å². The third-order valence-electron chi connectivity index (χ3n) is 5.74. The summed E-state index contributed by atoms with van der Waals surface area (Å²) in [6, 6.07) is 10.4. The fraction of sp³-hybridized carbons (Fsp3) is 0.136. The maximum Gasteiger partial charge on any atom is 0.329 e. The van der Waals surface area contributed by atoms with Crippen LogP contribution in [0.15, 0.2) is 56.0 Å². The summed E-state index contributed by atoms with van der Waals surface area (Å²) in [6.45, 7) is 0. The van der Waals surface area contributed by atoms with Crippen LogP contribution in [0.25, 0.3) is 5.70 Å². The summed E-state index contributed by atoms with van der Waals surface area (Å²) in [7, 11) is 2.96. The number of H-pyrrole nitrogens is 1. The summed E-state index contributed by atoms with van der Waals surface area (Å²) in [5.74, 6) is -0.580. The third kappa shape index (κ3) is 2.63. The van der Waals surface area contributed by atoms with Gasteiger partial charge in [-0.1, -0.05) is 24.3 Å². The number of hydrogen-bond acceptors (Lipinski definition) is 6.